The smallest absolute Gasteiger partial charge is 0.273 e. The van der Waals surface area contributed by atoms with Crippen molar-refractivity contribution in [1.82, 2.24) is 4.72 Å². The van der Waals surface area contributed by atoms with Crippen LogP contribution in [0.15, 0.2) is 47.4 Å². The van der Waals surface area contributed by atoms with Crippen LogP contribution in [-0.4, -0.2) is 18.9 Å². The maximum Gasteiger partial charge on any atom is 0.273 e. The molecule has 0 amide bonds. The summed E-state index contributed by atoms with van der Waals surface area (Å²) in [6.07, 6.45) is 0.442. The van der Waals surface area contributed by atoms with Crippen molar-refractivity contribution < 1.29 is 18.1 Å². The van der Waals surface area contributed by atoms with E-state index in [1.807, 2.05) is 32.0 Å². The Hall–Kier alpha value is -2.45. The Morgan fingerprint density at radius 3 is 2.62 bits per heavy atom. The lowest BCUT2D eigenvalue weighted by atomic mass is 9.90. The highest BCUT2D eigenvalue weighted by Crippen LogP contribution is 2.40. The summed E-state index contributed by atoms with van der Waals surface area (Å²) in [5.74, 6) is 0.631. The van der Waals surface area contributed by atoms with Gasteiger partial charge in [-0.25, -0.2) is 13.1 Å². The predicted molar refractivity (Wildman–Crippen MR) is 96.7 cm³/mol. The zero-order chi connectivity index (χ0) is 19.1. The Kier molecular flexibility index (Phi) is 4.49. The number of hydrogen-bond acceptors (Lipinski definition) is 5. The number of rotatable bonds is 4. The molecule has 0 bridgehead atoms. The zero-order valence-corrected chi connectivity index (χ0v) is 15.5. The van der Waals surface area contributed by atoms with Crippen LogP contribution in [0.2, 0.25) is 0 Å². The fourth-order valence-corrected chi connectivity index (χ4v) is 4.35. The van der Waals surface area contributed by atoms with E-state index < -0.39 is 26.6 Å². The summed E-state index contributed by atoms with van der Waals surface area (Å²) in [6, 6.07) is 10.7. The molecule has 3 rings (SSSR count). The third-order valence-corrected chi connectivity index (χ3v) is 5.83. The number of nitro benzene ring substituents is 1. The SMILES string of the molecule is Cc1ccc(S(=O)(=O)NC2CC(C)(C)Oc3ccccc32)cc1[N+](=O)[O-]. The molecular weight excluding hydrogens is 356 g/mol. The number of nitro groups is 1. The topological polar surface area (TPSA) is 98.5 Å². The molecule has 1 atom stereocenters. The third-order valence-electron chi connectivity index (χ3n) is 4.36. The minimum atomic E-state index is -3.94. The molecule has 0 saturated heterocycles. The number of nitrogens with zero attached hydrogens (tertiary/aromatic N) is 1. The molecule has 0 fully saturated rings. The minimum Gasteiger partial charge on any atom is -0.487 e. The van der Waals surface area contributed by atoms with Gasteiger partial charge in [-0.3, -0.25) is 10.1 Å². The fourth-order valence-electron chi connectivity index (χ4n) is 3.12. The molecule has 8 heteroatoms. The van der Waals surface area contributed by atoms with E-state index in [0.29, 0.717) is 17.7 Å². The number of benzene rings is 2. The van der Waals surface area contributed by atoms with Gasteiger partial charge in [-0.15, -0.1) is 0 Å². The standard InChI is InChI=1S/C18H20N2O5S/c1-12-8-9-13(10-16(12)20(21)22)26(23,24)19-15-11-18(2,3)25-17-7-5-4-6-14(15)17/h4-10,15,19H,11H2,1-3H3. The average Bonchev–Trinajstić information content (AvgIpc) is 2.53. The van der Waals surface area contributed by atoms with E-state index in [9.17, 15) is 18.5 Å². The van der Waals surface area contributed by atoms with Crippen molar-refractivity contribution in [3.8, 4) is 5.75 Å². The van der Waals surface area contributed by atoms with Crippen LogP contribution in [0.4, 0.5) is 5.69 Å². The number of fused-ring (bicyclic) bond motifs is 1. The quantitative estimate of drug-likeness (QED) is 0.650. The number of aryl methyl sites for hydroxylation is 1. The van der Waals surface area contributed by atoms with Gasteiger partial charge in [0.15, 0.2) is 0 Å². The lowest BCUT2D eigenvalue weighted by Gasteiger charge is -2.37. The first-order valence-corrected chi connectivity index (χ1v) is 9.63. The monoisotopic (exact) mass is 376 g/mol. The highest BCUT2D eigenvalue weighted by molar-refractivity contribution is 7.89. The van der Waals surface area contributed by atoms with E-state index in [2.05, 4.69) is 4.72 Å². The molecule has 0 aromatic heterocycles. The second kappa shape index (κ2) is 6.37. The van der Waals surface area contributed by atoms with Gasteiger partial charge in [-0.05, 0) is 32.9 Å². The Balaban J connectivity index is 1.98. The van der Waals surface area contributed by atoms with Crippen molar-refractivity contribution in [2.24, 2.45) is 0 Å². The first-order valence-electron chi connectivity index (χ1n) is 8.14. The number of para-hydroxylation sites is 1. The molecule has 1 aliphatic heterocycles. The average molecular weight is 376 g/mol. The highest BCUT2D eigenvalue weighted by Gasteiger charge is 2.36. The van der Waals surface area contributed by atoms with Gasteiger partial charge in [-0.2, -0.15) is 0 Å². The van der Waals surface area contributed by atoms with Crippen molar-refractivity contribution in [3.05, 3.63) is 63.7 Å². The first kappa shape index (κ1) is 18.3. The van der Waals surface area contributed by atoms with Gasteiger partial charge >= 0.3 is 0 Å². The van der Waals surface area contributed by atoms with Gasteiger partial charge in [0, 0.05) is 23.6 Å². The lowest BCUT2D eigenvalue weighted by molar-refractivity contribution is -0.385. The number of sulfonamides is 1. The molecule has 1 unspecified atom stereocenters. The summed E-state index contributed by atoms with van der Waals surface area (Å²) in [7, 11) is -3.94. The molecule has 0 spiro atoms. The molecule has 1 heterocycles. The van der Waals surface area contributed by atoms with Crippen LogP contribution in [0, 0.1) is 17.0 Å². The maximum atomic E-state index is 12.8. The minimum absolute atomic E-state index is 0.128. The molecule has 2 aromatic rings. The van der Waals surface area contributed by atoms with E-state index in [0.717, 1.165) is 11.6 Å². The summed E-state index contributed by atoms with van der Waals surface area (Å²) >= 11 is 0. The lowest BCUT2D eigenvalue weighted by Crippen LogP contribution is -2.41. The predicted octanol–water partition coefficient (Wildman–Crippen LogP) is 3.48. The van der Waals surface area contributed by atoms with Crippen LogP contribution < -0.4 is 9.46 Å². The third kappa shape index (κ3) is 3.56. The molecule has 1 aliphatic rings. The van der Waals surface area contributed by atoms with Crippen LogP contribution in [0.3, 0.4) is 0 Å². The van der Waals surface area contributed by atoms with Gasteiger partial charge in [-0.1, -0.05) is 24.3 Å². The maximum absolute atomic E-state index is 12.8. The normalized spacial score (nSPS) is 18.7. The largest absolute Gasteiger partial charge is 0.487 e. The summed E-state index contributed by atoms with van der Waals surface area (Å²) in [5.41, 5.74) is 0.393. The van der Waals surface area contributed by atoms with Crippen LogP contribution in [0.1, 0.15) is 37.4 Å². The summed E-state index contributed by atoms with van der Waals surface area (Å²) in [5, 5.41) is 11.1. The van der Waals surface area contributed by atoms with Crippen molar-refractivity contribution in [3.63, 3.8) is 0 Å². The highest BCUT2D eigenvalue weighted by atomic mass is 32.2. The van der Waals surface area contributed by atoms with E-state index >= 15 is 0 Å². The Morgan fingerprint density at radius 2 is 1.92 bits per heavy atom. The molecule has 0 aliphatic carbocycles. The Labute approximate surface area is 152 Å². The molecule has 0 radical (unpaired) electrons. The van der Waals surface area contributed by atoms with Crippen molar-refractivity contribution in [1.29, 1.82) is 0 Å². The van der Waals surface area contributed by atoms with Gasteiger partial charge in [0.25, 0.3) is 5.69 Å². The summed E-state index contributed by atoms with van der Waals surface area (Å²) < 4.78 is 34.3. The summed E-state index contributed by atoms with van der Waals surface area (Å²) in [6.45, 7) is 5.35. The van der Waals surface area contributed by atoms with E-state index in [1.165, 1.54) is 12.1 Å². The van der Waals surface area contributed by atoms with Crippen molar-refractivity contribution in [2.75, 3.05) is 0 Å². The summed E-state index contributed by atoms with van der Waals surface area (Å²) in [4.78, 5) is 10.4. The molecule has 2 aromatic carbocycles. The van der Waals surface area contributed by atoms with Gasteiger partial charge < -0.3 is 4.74 Å². The Bertz CT molecular complexity index is 969. The molecular formula is C18H20N2O5S. The van der Waals surface area contributed by atoms with Crippen LogP contribution in [-0.2, 0) is 10.0 Å². The zero-order valence-electron chi connectivity index (χ0n) is 14.7. The van der Waals surface area contributed by atoms with Crippen LogP contribution >= 0.6 is 0 Å². The second-order valence-electron chi connectivity index (χ2n) is 6.98. The van der Waals surface area contributed by atoms with Gasteiger partial charge in [0.1, 0.15) is 11.4 Å². The van der Waals surface area contributed by atoms with Gasteiger partial charge in [0.2, 0.25) is 10.0 Å². The molecule has 138 valence electrons. The number of hydrogen-bond donors (Lipinski definition) is 1. The van der Waals surface area contributed by atoms with Crippen molar-refractivity contribution in [2.45, 2.75) is 43.7 Å². The van der Waals surface area contributed by atoms with Crippen LogP contribution in [0.25, 0.3) is 0 Å². The molecule has 26 heavy (non-hydrogen) atoms. The number of nitrogens with one attached hydrogen (secondary N) is 1. The molecule has 7 nitrogen and oxygen atoms in total. The fraction of sp³-hybridized carbons (Fsp3) is 0.333. The van der Waals surface area contributed by atoms with Crippen LogP contribution in [0.5, 0.6) is 5.75 Å². The van der Waals surface area contributed by atoms with Gasteiger partial charge in [0.05, 0.1) is 15.9 Å². The molecule has 0 saturated carbocycles. The Morgan fingerprint density at radius 1 is 1.23 bits per heavy atom. The van der Waals surface area contributed by atoms with E-state index in [4.69, 9.17) is 4.74 Å². The first-order chi connectivity index (χ1) is 12.1. The molecule has 1 N–H and O–H groups in total. The van der Waals surface area contributed by atoms with E-state index in [1.54, 1.807) is 13.0 Å². The van der Waals surface area contributed by atoms with E-state index in [-0.39, 0.29) is 10.6 Å². The van der Waals surface area contributed by atoms with Crippen molar-refractivity contribution >= 4 is 15.7 Å². The second-order valence-corrected chi connectivity index (χ2v) is 8.70. The number of ether oxygens (including phenoxy) is 1.